The lowest BCUT2D eigenvalue weighted by molar-refractivity contribution is 0.166. The van der Waals surface area contributed by atoms with Crippen LogP contribution >= 0.6 is 0 Å². The Kier molecular flexibility index (Phi) is 7.26. The van der Waals surface area contributed by atoms with Crippen LogP contribution < -0.4 is 0 Å². The number of allylic oxidation sites excluding steroid dienone is 1. The van der Waals surface area contributed by atoms with Gasteiger partial charge in [-0.2, -0.15) is 0 Å². The fraction of sp³-hybridized carbons (Fsp3) is 0.231. The third kappa shape index (κ3) is 4.87. The van der Waals surface area contributed by atoms with E-state index in [2.05, 4.69) is 6.58 Å². The van der Waals surface area contributed by atoms with Gasteiger partial charge in [0.25, 0.3) is 0 Å². The molecule has 31 heavy (non-hydrogen) atoms. The largest absolute Gasteiger partial charge is 0.239 e. The number of alkyl halides is 2. The molecule has 2 atom stereocenters. The predicted octanol–water partition coefficient (Wildman–Crippen LogP) is 8.17. The maximum Gasteiger partial charge on any atom is 0.166 e. The van der Waals surface area contributed by atoms with Gasteiger partial charge in [0.05, 0.1) is 0 Å². The molecule has 0 nitrogen and oxygen atoms in total. The number of benzene rings is 3. The third-order valence-electron chi connectivity index (χ3n) is 5.35. The molecule has 2 unspecified atom stereocenters. The molecule has 0 aliphatic rings. The van der Waals surface area contributed by atoms with Crippen molar-refractivity contribution in [1.82, 2.24) is 0 Å². The molecule has 5 heteroatoms. The van der Waals surface area contributed by atoms with E-state index in [9.17, 15) is 22.0 Å². The Morgan fingerprint density at radius 1 is 0.871 bits per heavy atom. The monoisotopic (exact) mass is 430 g/mol. The minimum Gasteiger partial charge on any atom is -0.239 e. The van der Waals surface area contributed by atoms with Crippen molar-refractivity contribution in [3.05, 3.63) is 107 Å². The van der Waals surface area contributed by atoms with E-state index in [1.807, 2.05) is 6.92 Å². The van der Waals surface area contributed by atoms with Gasteiger partial charge in [0.1, 0.15) is 5.82 Å². The molecule has 3 aromatic rings. The Morgan fingerprint density at radius 2 is 1.58 bits per heavy atom. The second kappa shape index (κ2) is 9.90. The van der Waals surface area contributed by atoms with E-state index in [-0.39, 0.29) is 22.3 Å². The van der Waals surface area contributed by atoms with E-state index in [0.29, 0.717) is 12.8 Å². The van der Waals surface area contributed by atoms with Crippen molar-refractivity contribution in [2.75, 3.05) is 0 Å². The highest BCUT2D eigenvalue weighted by Crippen LogP contribution is 2.38. The SMILES string of the molecule is C=CCCc1ccc(-c2ccc(C(F)C(F)c3ccc(CC)cc3)c(F)c2)c(F)c1F. The highest BCUT2D eigenvalue weighted by molar-refractivity contribution is 5.65. The topological polar surface area (TPSA) is 0 Å². The first-order chi connectivity index (χ1) is 14.9. The van der Waals surface area contributed by atoms with Crippen LogP contribution in [-0.2, 0) is 12.8 Å². The average molecular weight is 430 g/mol. The van der Waals surface area contributed by atoms with Gasteiger partial charge in [-0.25, -0.2) is 22.0 Å². The summed E-state index contributed by atoms with van der Waals surface area (Å²) in [5.41, 5.74) is 0.703. The zero-order valence-electron chi connectivity index (χ0n) is 17.1. The van der Waals surface area contributed by atoms with Crippen LogP contribution in [0.1, 0.15) is 47.9 Å². The van der Waals surface area contributed by atoms with Crippen LogP contribution in [0.2, 0.25) is 0 Å². The van der Waals surface area contributed by atoms with Gasteiger partial charge in [-0.05, 0) is 47.6 Å². The van der Waals surface area contributed by atoms with Gasteiger partial charge >= 0.3 is 0 Å². The van der Waals surface area contributed by atoms with Gasteiger partial charge in [-0.1, -0.05) is 61.5 Å². The molecule has 0 amide bonds. The molecule has 0 aliphatic heterocycles. The van der Waals surface area contributed by atoms with Crippen molar-refractivity contribution in [2.45, 2.75) is 38.5 Å². The lowest BCUT2D eigenvalue weighted by Crippen LogP contribution is -2.05. The summed E-state index contributed by atoms with van der Waals surface area (Å²) < 4.78 is 72.9. The quantitative estimate of drug-likeness (QED) is 0.250. The van der Waals surface area contributed by atoms with Crippen molar-refractivity contribution in [3.8, 4) is 11.1 Å². The lowest BCUT2D eigenvalue weighted by Gasteiger charge is -2.16. The smallest absolute Gasteiger partial charge is 0.166 e. The van der Waals surface area contributed by atoms with Crippen LogP contribution in [0.3, 0.4) is 0 Å². The van der Waals surface area contributed by atoms with Crippen molar-refractivity contribution < 1.29 is 22.0 Å². The standard InChI is InChI=1S/C26H23F5/c1-3-5-6-17-11-13-20(25(30)23(17)28)19-12-14-21(22(27)15-19)26(31)24(29)18-9-7-16(4-2)8-10-18/h3,7-15,24,26H,1,4-6H2,2H3. The molecule has 0 N–H and O–H groups in total. The van der Waals surface area contributed by atoms with Crippen molar-refractivity contribution in [3.63, 3.8) is 0 Å². The molecule has 0 fully saturated rings. The maximum atomic E-state index is 14.7. The van der Waals surface area contributed by atoms with Crippen molar-refractivity contribution in [2.24, 2.45) is 0 Å². The van der Waals surface area contributed by atoms with Crippen LogP contribution in [0, 0.1) is 17.5 Å². The second-order valence-electron chi connectivity index (χ2n) is 7.36. The minimum atomic E-state index is -2.23. The zero-order chi connectivity index (χ0) is 22.5. The van der Waals surface area contributed by atoms with E-state index >= 15 is 0 Å². The molecule has 3 rings (SSSR count). The van der Waals surface area contributed by atoms with Gasteiger partial charge in [0, 0.05) is 11.1 Å². The third-order valence-corrected chi connectivity index (χ3v) is 5.35. The number of hydrogen-bond donors (Lipinski definition) is 0. The highest BCUT2D eigenvalue weighted by atomic mass is 19.2. The maximum absolute atomic E-state index is 14.7. The summed E-state index contributed by atoms with van der Waals surface area (Å²) in [6.45, 7) is 5.49. The predicted molar refractivity (Wildman–Crippen MR) is 114 cm³/mol. The molecule has 0 heterocycles. The van der Waals surface area contributed by atoms with Gasteiger partial charge < -0.3 is 0 Å². The first-order valence-corrected chi connectivity index (χ1v) is 10.1. The highest BCUT2D eigenvalue weighted by Gasteiger charge is 2.27. The Bertz CT molecular complexity index is 1060. The first-order valence-electron chi connectivity index (χ1n) is 10.1. The van der Waals surface area contributed by atoms with Crippen molar-refractivity contribution >= 4 is 0 Å². The normalized spacial score (nSPS) is 13.1. The number of aryl methyl sites for hydroxylation is 2. The Morgan fingerprint density at radius 3 is 2.19 bits per heavy atom. The molecule has 3 aromatic carbocycles. The van der Waals surface area contributed by atoms with E-state index < -0.39 is 35.4 Å². The number of hydrogen-bond acceptors (Lipinski definition) is 0. The fourth-order valence-electron chi connectivity index (χ4n) is 3.45. The molecular formula is C26H23F5. The van der Waals surface area contributed by atoms with E-state index in [4.69, 9.17) is 0 Å². The van der Waals surface area contributed by atoms with E-state index in [0.717, 1.165) is 24.1 Å². The molecule has 0 bridgehead atoms. The number of rotatable bonds is 8. The van der Waals surface area contributed by atoms with Crippen LogP contribution in [0.25, 0.3) is 11.1 Å². The Hall–Kier alpha value is -2.95. The molecular weight excluding hydrogens is 407 g/mol. The molecule has 0 saturated heterocycles. The van der Waals surface area contributed by atoms with Crippen LogP contribution in [0.5, 0.6) is 0 Å². The van der Waals surface area contributed by atoms with Gasteiger partial charge in [0.15, 0.2) is 24.0 Å². The molecule has 0 radical (unpaired) electrons. The van der Waals surface area contributed by atoms with Crippen LogP contribution in [0.15, 0.2) is 67.3 Å². The summed E-state index contributed by atoms with van der Waals surface area (Å²) >= 11 is 0. The zero-order valence-corrected chi connectivity index (χ0v) is 17.1. The van der Waals surface area contributed by atoms with Crippen molar-refractivity contribution in [1.29, 1.82) is 0 Å². The van der Waals surface area contributed by atoms with Crippen LogP contribution in [0.4, 0.5) is 22.0 Å². The minimum absolute atomic E-state index is 0.0443. The summed E-state index contributed by atoms with van der Waals surface area (Å²) in [5.74, 6) is -3.13. The van der Waals surface area contributed by atoms with Gasteiger partial charge in [-0.3, -0.25) is 0 Å². The Balaban J connectivity index is 1.87. The van der Waals surface area contributed by atoms with E-state index in [1.54, 1.807) is 18.2 Å². The number of halogens is 5. The lowest BCUT2D eigenvalue weighted by atomic mass is 9.95. The average Bonchev–Trinajstić information content (AvgIpc) is 2.79. The molecule has 0 aliphatic carbocycles. The molecule has 162 valence electrons. The summed E-state index contributed by atoms with van der Waals surface area (Å²) in [5, 5.41) is 0. The molecule has 0 saturated carbocycles. The molecule has 0 spiro atoms. The second-order valence-corrected chi connectivity index (χ2v) is 7.36. The Labute approximate surface area is 179 Å². The fourth-order valence-corrected chi connectivity index (χ4v) is 3.45. The molecule has 0 aromatic heterocycles. The summed E-state index contributed by atoms with van der Waals surface area (Å²) in [7, 11) is 0. The summed E-state index contributed by atoms with van der Waals surface area (Å²) in [6.07, 6.45) is -1.14. The first kappa shape index (κ1) is 22.7. The van der Waals surface area contributed by atoms with E-state index in [1.165, 1.54) is 30.3 Å². The van der Waals surface area contributed by atoms with Crippen LogP contribution in [-0.4, -0.2) is 0 Å². The summed E-state index contributed by atoms with van der Waals surface area (Å²) in [6, 6.07) is 12.4. The summed E-state index contributed by atoms with van der Waals surface area (Å²) in [4.78, 5) is 0. The van der Waals surface area contributed by atoms with Gasteiger partial charge in [-0.15, -0.1) is 6.58 Å². The van der Waals surface area contributed by atoms with Gasteiger partial charge in [0.2, 0.25) is 0 Å².